The van der Waals surface area contributed by atoms with Crippen molar-refractivity contribution in [3.05, 3.63) is 77.0 Å². The smallest absolute Gasteiger partial charge is 0.160 e. The zero-order chi connectivity index (χ0) is 20.1. The molecule has 1 fully saturated rings. The van der Waals surface area contributed by atoms with Crippen LogP contribution in [0.2, 0.25) is 0 Å². The number of amidine groups is 1. The minimum atomic E-state index is 0.0196. The summed E-state index contributed by atoms with van der Waals surface area (Å²) in [6.07, 6.45) is 3.80. The van der Waals surface area contributed by atoms with Crippen molar-refractivity contribution in [2.45, 2.75) is 45.0 Å². The molecule has 0 bridgehead atoms. The lowest BCUT2D eigenvalue weighted by atomic mass is 9.96. The summed E-state index contributed by atoms with van der Waals surface area (Å²) in [6, 6.07) is 12.8. The van der Waals surface area contributed by atoms with Crippen LogP contribution in [0.25, 0.3) is 5.82 Å². The van der Waals surface area contributed by atoms with Crippen molar-refractivity contribution in [2.75, 3.05) is 6.54 Å². The summed E-state index contributed by atoms with van der Waals surface area (Å²) in [5.41, 5.74) is 5.94. The molecular formula is C23H25N5S. The highest BCUT2D eigenvalue weighted by atomic mass is 32.2. The Morgan fingerprint density at radius 1 is 1.07 bits per heavy atom. The van der Waals surface area contributed by atoms with E-state index in [0.717, 1.165) is 23.2 Å². The van der Waals surface area contributed by atoms with E-state index in [4.69, 9.17) is 4.99 Å². The SMILES string of the molecule is Cc1ccc(-n2c(C)cc([C@@H]3[C@H](c4ccccn4)N=C4S[C@H](C)CN43)c2C)nc1. The first-order valence-corrected chi connectivity index (χ1v) is 10.9. The summed E-state index contributed by atoms with van der Waals surface area (Å²) in [5, 5.41) is 1.71. The summed E-state index contributed by atoms with van der Waals surface area (Å²) >= 11 is 1.88. The topological polar surface area (TPSA) is 46.3 Å². The molecule has 0 aliphatic carbocycles. The average Bonchev–Trinajstić information content (AvgIpc) is 3.33. The third kappa shape index (κ3) is 3.06. The Balaban J connectivity index is 1.62. The maximum atomic E-state index is 5.11. The van der Waals surface area contributed by atoms with Crippen LogP contribution in [0.1, 0.15) is 47.2 Å². The molecule has 5 nitrogen and oxygen atoms in total. The molecule has 5 rings (SSSR count). The fraction of sp³-hybridized carbons (Fsp3) is 0.348. The Morgan fingerprint density at radius 3 is 2.66 bits per heavy atom. The second-order valence-electron chi connectivity index (χ2n) is 7.99. The van der Waals surface area contributed by atoms with E-state index in [9.17, 15) is 0 Å². The molecule has 0 saturated carbocycles. The van der Waals surface area contributed by atoms with Crippen LogP contribution in [0.5, 0.6) is 0 Å². The van der Waals surface area contributed by atoms with Crippen LogP contribution < -0.4 is 0 Å². The third-order valence-electron chi connectivity index (χ3n) is 5.80. The van der Waals surface area contributed by atoms with Gasteiger partial charge in [-0.25, -0.2) is 4.98 Å². The van der Waals surface area contributed by atoms with E-state index in [1.807, 2.05) is 30.2 Å². The normalized spacial score (nSPS) is 23.4. The fourth-order valence-corrected chi connectivity index (χ4v) is 5.58. The molecule has 3 aromatic heterocycles. The van der Waals surface area contributed by atoms with Crippen LogP contribution in [0, 0.1) is 20.8 Å². The first-order valence-electron chi connectivity index (χ1n) is 10.1. The number of pyridine rings is 2. The highest BCUT2D eigenvalue weighted by Crippen LogP contribution is 2.48. The molecule has 2 aliphatic heterocycles. The van der Waals surface area contributed by atoms with Crippen molar-refractivity contribution in [2.24, 2.45) is 4.99 Å². The minimum Gasteiger partial charge on any atom is -0.341 e. The Labute approximate surface area is 175 Å². The lowest BCUT2D eigenvalue weighted by molar-refractivity contribution is 0.320. The molecule has 0 unspecified atom stereocenters. The van der Waals surface area contributed by atoms with Gasteiger partial charge in [-0.15, -0.1) is 0 Å². The predicted molar refractivity (Wildman–Crippen MR) is 119 cm³/mol. The van der Waals surface area contributed by atoms with Gasteiger partial charge in [0, 0.05) is 35.6 Å². The van der Waals surface area contributed by atoms with Crippen LogP contribution in [0.15, 0.2) is 53.8 Å². The van der Waals surface area contributed by atoms with Crippen molar-refractivity contribution in [1.29, 1.82) is 0 Å². The van der Waals surface area contributed by atoms with Crippen LogP contribution in [0.3, 0.4) is 0 Å². The molecule has 2 aliphatic rings. The highest BCUT2D eigenvalue weighted by Gasteiger charge is 2.44. The molecule has 0 amide bonds. The van der Waals surface area contributed by atoms with E-state index in [1.165, 1.54) is 22.5 Å². The van der Waals surface area contributed by atoms with Crippen LogP contribution in [-0.2, 0) is 0 Å². The van der Waals surface area contributed by atoms with E-state index in [0.29, 0.717) is 5.25 Å². The van der Waals surface area contributed by atoms with Gasteiger partial charge < -0.3 is 9.47 Å². The first kappa shape index (κ1) is 18.4. The number of thioether (sulfide) groups is 1. The van der Waals surface area contributed by atoms with Gasteiger partial charge in [-0.1, -0.05) is 30.8 Å². The number of fused-ring (bicyclic) bond motifs is 1. The van der Waals surface area contributed by atoms with Gasteiger partial charge >= 0.3 is 0 Å². The first-order chi connectivity index (χ1) is 14.0. The number of hydrogen-bond acceptors (Lipinski definition) is 5. The van der Waals surface area contributed by atoms with Gasteiger partial charge in [-0.05, 0) is 56.2 Å². The summed E-state index contributed by atoms with van der Waals surface area (Å²) in [6.45, 7) is 9.72. The van der Waals surface area contributed by atoms with Crippen LogP contribution in [0.4, 0.5) is 0 Å². The summed E-state index contributed by atoms with van der Waals surface area (Å²) in [7, 11) is 0. The fourth-order valence-electron chi connectivity index (χ4n) is 4.49. The monoisotopic (exact) mass is 403 g/mol. The average molecular weight is 404 g/mol. The minimum absolute atomic E-state index is 0.0196. The largest absolute Gasteiger partial charge is 0.341 e. The van der Waals surface area contributed by atoms with E-state index in [-0.39, 0.29) is 12.1 Å². The van der Waals surface area contributed by atoms with Crippen molar-refractivity contribution < 1.29 is 0 Å². The van der Waals surface area contributed by atoms with E-state index in [2.05, 4.69) is 77.5 Å². The molecule has 6 heteroatoms. The van der Waals surface area contributed by atoms with Crippen molar-refractivity contribution >= 4 is 16.9 Å². The van der Waals surface area contributed by atoms with E-state index < -0.39 is 0 Å². The quantitative estimate of drug-likeness (QED) is 0.631. The van der Waals surface area contributed by atoms with Crippen molar-refractivity contribution in [3.63, 3.8) is 0 Å². The standard InChI is InChI=1S/C23H25N5S/c1-14-8-9-20(25-12-14)28-15(2)11-18(17(28)4)22-21(19-7-5-6-10-24-19)26-23-27(22)13-16(3)29-23/h5-12,16,21-22H,13H2,1-4H3/t16-,21+,22-/m1/s1. The number of aromatic nitrogens is 3. The molecule has 3 aromatic rings. The maximum Gasteiger partial charge on any atom is 0.160 e. The van der Waals surface area contributed by atoms with Gasteiger partial charge in [-0.2, -0.15) is 0 Å². The summed E-state index contributed by atoms with van der Waals surface area (Å²) < 4.78 is 2.26. The number of aryl methyl sites for hydroxylation is 2. The Bertz CT molecular complexity index is 1070. The van der Waals surface area contributed by atoms with E-state index in [1.54, 1.807) is 0 Å². The maximum absolute atomic E-state index is 5.11. The van der Waals surface area contributed by atoms with Crippen molar-refractivity contribution in [1.82, 2.24) is 19.4 Å². The molecule has 0 spiro atoms. The highest BCUT2D eigenvalue weighted by molar-refractivity contribution is 8.14. The zero-order valence-electron chi connectivity index (χ0n) is 17.2. The van der Waals surface area contributed by atoms with Gasteiger partial charge in [-0.3, -0.25) is 9.98 Å². The summed E-state index contributed by atoms with van der Waals surface area (Å²) in [4.78, 5) is 16.9. The number of hydrogen-bond donors (Lipinski definition) is 0. The predicted octanol–water partition coefficient (Wildman–Crippen LogP) is 4.78. The molecule has 148 valence electrons. The van der Waals surface area contributed by atoms with E-state index >= 15 is 0 Å². The molecular weight excluding hydrogens is 378 g/mol. The lowest BCUT2D eigenvalue weighted by Gasteiger charge is -2.27. The molecule has 0 aromatic carbocycles. The molecule has 0 radical (unpaired) electrons. The Kier molecular flexibility index (Phi) is 4.46. The van der Waals surface area contributed by atoms with Gasteiger partial charge in [0.15, 0.2) is 5.17 Å². The Hall–Kier alpha value is -2.60. The molecule has 3 atom stereocenters. The second kappa shape index (κ2) is 7.02. The van der Waals surface area contributed by atoms with Gasteiger partial charge in [0.25, 0.3) is 0 Å². The third-order valence-corrected chi connectivity index (χ3v) is 6.90. The van der Waals surface area contributed by atoms with Gasteiger partial charge in [0.05, 0.1) is 11.7 Å². The number of rotatable bonds is 3. The lowest BCUT2D eigenvalue weighted by Crippen LogP contribution is -2.28. The molecule has 5 heterocycles. The molecule has 29 heavy (non-hydrogen) atoms. The molecule has 0 N–H and O–H groups in total. The number of nitrogens with zero attached hydrogens (tertiary/aromatic N) is 5. The van der Waals surface area contributed by atoms with Gasteiger partial charge in [0.2, 0.25) is 0 Å². The second-order valence-corrected chi connectivity index (χ2v) is 9.40. The van der Waals surface area contributed by atoms with Gasteiger partial charge in [0.1, 0.15) is 11.9 Å². The Morgan fingerprint density at radius 2 is 1.93 bits per heavy atom. The number of aliphatic imine (C=N–C) groups is 1. The summed E-state index contributed by atoms with van der Waals surface area (Å²) in [5.74, 6) is 0.967. The van der Waals surface area contributed by atoms with Crippen molar-refractivity contribution in [3.8, 4) is 5.82 Å². The van der Waals surface area contributed by atoms with Crippen LogP contribution in [-0.4, -0.2) is 36.4 Å². The zero-order valence-corrected chi connectivity index (χ0v) is 18.0. The van der Waals surface area contributed by atoms with Crippen LogP contribution >= 0.6 is 11.8 Å². The molecule has 1 saturated heterocycles.